The summed E-state index contributed by atoms with van der Waals surface area (Å²) in [7, 11) is 0. The molecule has 2 aromatic heterocycles. The highest BCUT2D eigenvalue weighted by Crippen LogP contribution is 2.39. The predicted octanol–water partition coefficient (Wildman–Crippen LogP) is 3.74. The number of halogens is 1. The van der Waals surface area contributed by atoms with Crippen molar-refractivity contribution >= 4 is 17.4 Å². The molecular formula is C20H20FN5O3. The first-order valence-corrected chi connectivity index (χ1v) is 9.80. The molecule has 2 aliphatic rings. The van der Waals surface area contributed by atoms with E-state index < -0.39 is 11.9 Å². The van der Waals surface area contributed by atoms with Gasteiger partial charge in [-0.25, -0.2) is 4.39 Å². The number of benzene rings is 1. The Bertz CT molecular complexity index is 1020. The second-order valence-electron chi connectivity index (χ2n) is 7.48. The topological polar surface area (TPSA) is 97.3 Å². The van der Waals surface area contributed by atoms with Crippen LogP contribution in [-0.2, 0) is 4.79 Å². The lowest BCUT2D eigenvalue weighted by Crippen LogP contribution is -2.47. The van der Waals surface area contributed by atoms with E-state index in [-0.39, 0.29) is 5.91 Å². The fraction of sp³-hybridized carbons (Fsp3) is 0.400. The van der Waals surface area contributed by atoms with E-state index in [9.17, 15) is 4.79 Å². The largest absolute Gasteiger partial charge is 0.363 e. The number of amides is 1. The Morgan fingerprint density at radius 3 is 2.83 bits per heavy atom. The lowest BCUT2D eigenvalue weighted by Gasteiger charge is -2.36. The molecule has 1 aromatic carbocycles. The van der Waals surface area contributed by atoms with Crippen molar-refractivity contribution in [3.05, 3.63) is 42.2 Å². The molecule has 2 fully saturated rings. The van der Waals surface area contributed by atoms with Gasteiger partial charge in [0.25, 0.3) is 0 Å². The van der Waals surface area contributed by atoms with Gasteiger partial charge in [0.2, 0.25) is 17.6 Å². The van der Waals surface area contributed by atoms with Crippen molar-refractivity contribution in [1.29, 1.82) is 0 Å². The fourth-order valence-electron chi connectivity index (χ4n) is 3.71. The highest BCUT2D eigenvalue weighted by atomic mass is 19.1. The molecule has 1 aliphatic heterocycles. The second-order valence-corrected chi connectivity index (χ2v) is 7.48. The van der Waals surface area contributed by atoms with E-state index in [1.54, 1.807) is 18.2 Å². The van der Waals surface area contributed by atoms with Gasteiger partial charge < -0.3 is 19.3 Å². The summed E-state index contributed by atoms with van der Waals surface area (Å²) in [5.41, 5.74) is 0.946. The monoisotopic (exact) mass is 397 g/mol. The highest BCUT2D eigenvalue weighted by Gasteiger charge is 2.32. The zero-order valence-electron chi connectivity index (χ0n) is 15.7. The van der Waals surface area contributed by atoms with Crippen molar-refractivity contribution in [2.45, 2.75) is 44.1 Å². The Labute approximate surface area is 166 Å². The van der Waals surface area contributed by atoms with Crippen LogP contribution in [0.5, 0.6) is 0 Å². The molecule has 1 saturated carbocycles. The molecular weight excluding hydrogens is 377 g/mol. The van der Waals surface area contributed by atoms with Gasteiger partial charge in [0.15, 0.2) is 5.82 Å². The molecule has 3 heterocycles. The van der Waals surface area contributed by atoms with Crippen LogP contribution in [0.1, 0.15) is 43.9 Å². The van der Waals surface area contributed by atoms with E-state index in [1.165, 1.54) is 12.3 Å². The highest BCUT2D eigenvalue weighted by molar-refractivity contribution is 5.96. The van der Waals surface area contributed by atoms with Gasteiger partial charge in [-0.3, -0.25) is 4.79 Å². The summed E-state index contributed by atoms with van der Waals surface area (Å²) in [6, 6.07) is 5.94. The van der Waals surface area contributed by atoms with Crippen molar-refractivity contribution in [2.75, 3.05) is 16.8 Å². The van der Waals surface area contributed by atoms with Gasteiger partial charge >= 0.3 is 0 Å². The van der Waals surface area contributed by atoms with Crippen molar-refractivity contribution in [3.63, 3.8) is 0 Å². The molecule has 9 heteroatoms. The Kier molecular flexibility index (Phi) is 4.49. The summed E-state index contributed by atoms with van der Waals surface area (Å²) in [6.45, 7) is 0.598. The first-order valence-electron chi connectivity index (χ1n) is 9.80. The molecule has 1 unspecified atom stereocenters. The Hall–Kier alpha value is -3.23. The summed E-state index contributed by atoms with van der Waals surface area (Å²) in [6.07, 6.45) is 5.94. The lowest BCUT2D eigenvalue weighted by atomic mass is 10.00. The summed E-state index contributed by atoms with van der Waals surface area (Å²) in [5, 5.41) is 10.4. The maximum absolute atomic E-state index is 15.0. The molecule has 5 rings (SSSR count). The van der Waals surface area contributed by atoms with Gasteiger partial charge in [-0.2, -0.15) is 4.98 Å². The molecule has 1 saturated heterocycles. The molecule has 1 N–H and O–H groups in total. The maximum atomic E-state index is 15.0. The van der Waals surface area contributed by atoms with Crippen LogP contribution in [0.25, 0.3) is 11.4 Å². The zero-order chi connectivity index (χ0) is 19.8. The first kappa shape index (κ1) is 17.8. The maximum Gasteiger partial charge on any atom is 0.248 e. The number of nitrogens with one attached hydrogen (secondary N) is 1. The van der Waals surface area contributed by atoms with Crippen LogP contribution in [0.4, 0.5) is 15.9 Å². The molecule has 29 heavy (non-hydrogen) atoms. The van der Waals surface area contributed by atoms with Crippen molar-refractivity contribution in [1.82, 2.24) is 15.3 Å². The van der Waals surface area contributed by atoms with E-state index in [2.05, 4.69) is 20.6 Å². The average molecular weight is 397 g/mol. The second kappa shape index (κ2) is 7.31. The van der Waals surface area contributed by atoms with E-state index >= 15 is 4.39 Å². The number of carbonyl (C=O) groups is 1. The van der Waals surface area contributed by atoms with Crippen LogP contribution < -0.4 is 10.2 Å². The molecule has 1 aliphatic carbocycles. The number of hydrogen-bond donors (Lipinski definition) is 1. The third-order valence-electron chi connectivity index (χ3n) is 5.38. The van der Waals surface area contributed by atoms with Gasteiger partial charge in [-0.15, -0.1) is 0 Å². The standard InChI is InChI=1S/C20H20FN5O3/c21-14-11-13(18-23-20(29-25-18)12-4-5-12)6-7-15(14)26-9-2-1-3-16(26)19(27)22-17-8-10-28-24-17/h6-8,10-12,16H,1-5,9H2,(H,22,24,27). The SMILES string of the molecule is O=C(Nc1ccon1)C1CCCCN1c1ccc(-c2noc(C3CC3)n2)cc1F. The summed E-state index contributed by atoms with van der Waals surface area (Å²) < 4.78 is 25.0. The molecule has 1 atom stereocenters. The Morgan fingerprint density at radius 2 is 2.07 bits per heavy atom. The number of carbonyl (C=O) groups excluding carboxylic acids is 1. The summed E-state index contributed by atoms with van der Waals surface area (Å²) >= 11 is 0. The van der Waals surface area contributed by atoms with Crippen molar-refractivity contribution in [3.8, 4) is 11.4 Å². The quantitative estimate of drug-likeness (QED) is 0.700. The van der Waals surface area contributed by atoms with Crippen LogP contribution in [-0.4, -0.2) is 33.8 Å². The van der Waals surface area contributed by atoms with Crippen molar-refractivity contribution in [2.24, 2.45) is 0 Å². The minimum atomic E-state index is -0.479. The minimum absolute atomic E-state index is 0.227. The van der Waals surface area contributed by atoms with Crippen molar-refractivity contribution < 1.29 is 18.2 Å². The smallest absolute Gasteiger partial charge is 0.248 e. The predicted molar refractivity (Wildman–Crippen MR) is 102 cm³/mol. The molecule has 3 aromatic rings. The molecule has 1 amide bonds. The number of aromatic nitrogens is 3. The molecule has 0 radical (unpaired) electrons. The number of anilines is 2. The van der Waals surface area contributed by atoms with E-state index in [1.807, 2.05) is 4.90 Å². The molecule has 8 nitrogen and oxygen atoms in total. The Morgan fingerprint density at radius 1 is 1.17 bits per heavy atom. The number of piperidine rings is 1. The van der Waals surface area contributed by atoms with E-state index in [0.29, 0.717) is 47.7 Å². The minimum Gasteiger partial charge on any atom is -0.363 e. The number of nitrogens with zero attached hydrogens (tertiary/aromatic N) is 4. The third kappa shape index (κ3) is 3.59. The first-order chi connectivity index (χ1) is 14.2. The molecule has 150 valence electrons. The van der Waals surface area contributed by atoms with Crippen LogP contribution in [0, 0.1) is 5.82 Å². The summed E-state index contributed by atoms with van der Waals surface area (Å²) in [4.78, 5) is 18.9. The molecule has 0 bridgehead atoms. The van der Waals surface area contributed by atoms with Crippen LogP contribution in [0.3, 0.4) is 0 Å². The van der Waals surface area contributed by atoms with Gasteiger partial charge in [-0.1, -0.05) is 10.3 Å². The van der Waals surface area contributed by atoms with Gasteiger partial charge in [0.1, 0.15) is 18.1 Å². The molecule has 0 spiro atoms. The summed E-state index contributed by atoms with van der Waals surface area (Å²) in [5.74, 6) is 1.05. The van der Waals surface area contributed by atoms with Gasteiger partial charge in [0.05, 0.1) is 5.69 Å². The lowest BCUT2D eigenvalue weighted by molar-refractivity contribution is -0.117. The number of rotatable bonds is 5. The normalized spacial score (nSPS) is 19.3. The van der Waals surface area contributed by atoms with Crippen LogP contribution >= 0.6 is 0 Å². The van der Waals surface area contributed by atoms with Crippen LogP contribution in [0.15, 0.2) is 39.6 Å². The zero-order valence-corrected chi connectivity index (χ0v) is 15.7. The van der Waals surface area contributed by atoms with Gasteiger partial charge in [-0.05, 0) is 50.3 Å². The van der Waals surface area contributed by atoms with Crippen LogP contribution in [0.2, 0.25) is 0 Å². The number of hydrogen-bond acceptors (Lipinski definition) is 7. The van der Waals surface area contributed by atoms with E-state index in [4.69, 9.17) is 9.05 Å². The fourth-order valence-corrected chi connectivity index (χ4v) is 3.71. The van der Waals surface area contributed by atoms with Gasteiger partial charge in [0, 0.05) is 24.1 Å². The Balaban J connectivity index is 1.38. The third-order valence-corrected chi connectivity index (χ3v) is 5.38. The average Bonchev–Trinajstić information content (AvgIpc) is 3.24. The van der Waals surface area contributed by atoms with E-state index in [0.717, 1.165) is 25.7 Å².